The number of aliphatic carboxylic acids is 2. The summed E-state index contributed by atoms with van der Waals surface area (Å²) in [5, 5.41) is 23.9. The molecule has 1 rings (SSSR count). The van der Waals surface area contributed by atoms with Crippen molar-refractivity contribution in [3.05, 3.63) is 23.8 Å². The SMILES string of the molecule is Cc1cc(N)ccc1NC(CCC(=O)[O-])C(=O)[O-]. The van der Waals surface area contributed by atoms with Crippen molar-refractivity contribution in [1.82, 2.24) is 0 Å². The second-order valence-electron chi connectivity index (χ2n) is 4.00. The Labute approximate surface area is 104 Å². The summed E-state index contributed by atoms with van der Waals surface area (Å²) in [6.07, 6.45) is -0.450. The topological polar surface area (TPSA) is 118 Å². The zero-order chi connectivity index (χ0) is 13.7. The van der Waals surface area contributed by atoms with Crippen LogP contribution in [0, 0.1) is 6.92 Å². The molecule has 1 atom stereocenters. The summed E-state index contributed by atoms with van der Waals surface area (Å²) in [4.78, 5) is 21.2. The third-order valence-electron chi connectivity index (χ3n) is 2.50. The zero-order valence-corrected chi connectivity index (χ0v) is 9.93. The first-order valence-corrected chi connectivity index (χ1v) is 5.43. The van der Waals surface area contributed by atoms with Crippen LogP contribution in [0.5, 0.6) is 0 Å². The summed E-state index contributed by atoms with van der Waals surface area (Å²) in [6, 6.07) is 3.87. The molecule has 98 valence electrons. The lowest BCUT2D eigenvalue weighted by Crippen LogP contribution is -2.42. The second kappa shape index (κ2) is 5.90. The van der Waals surface area contributed by atoms with E-state index in [1.807, 2.05) is 0 Å². The molecular formula is C12H14N2O4-2. The van der Waals surface area contributed by atoms with Crippen LogP contribution in [0.15, 0.2) is 18.2 Å². The smallest absolute Gasteiger partial charge is 0.0662 e. The van der Waals surface area contributed by atoms with Gasteiger partial charge in [-0.2, -0.15) is 0 Å². The number of anilines is 2. The highest BCUT2D eigenvalue weighted by atomic mass is 16.4. The quantitative estimate of drug-likeness (QED) is 0.602. The van der Waals surface area contributed by atoms with E-state index in [2.05, 4.69) is 5.32 Å². The van der Waals surface area contributed by atoms with Crippen molar-refractivity contribution in [2.24, 2.45) is 0 Å². The molecule has 1 aromatic carbocycles. The molecule has 0 amide bonds. The van der Waals surface area contributed by atoms with Crippen LogP contribution in [0.2, 0.25) is 0 Å². The summed E-state index contributed by atoms with van der Waals surface area (Å²) in [5.74, 6) is -2.65. The number of nitrogens with two attached hydrogens (primary N) is 1. The van der Waals surface area contributed by atoms with Crippen molar-refractivity contribution in [2.45, 2.75) is 25.8 Å². The van der Waals surface area contributed by atoms with Gasteiger partial charge in [-0.15, -0.1) is 0 Å². The molecule has 3 N–H and O–H groups in total. The maximum atomic E-state index is 10.9. The fourth-order valence-electron chi connectivity index (χ4n) is 1.55. The molecule has 0 saturated heterocycles. The van der Waals surface area contributed by atoms with Gasteiger partial charge in [0.1, 0.15) is 0 Å². The minimum atomic E-state index is -1.35. The van der Waals surface area contributed by atoms with E-state index >= 15 is 0 Å². The summed E-state index contributed by atoms with van der Waals surface area (Å²) in [5.41, 5.74) is 7.49. The van der Waals surface area contributed by atoms with Gasteiger partial charge in [0.2, 0.25) is 0 Å². The highest BCUT2D eigenvalue weighted by Crippen LogP contribution is 2.19. The Balaban J connectivity index is 2.76. The zero-order valence-electron chi connectivity index (χ0n) is 9.93. The largest absolute Gasteiger partial charge is 0.550 e. The summed E-state index contributed by atoms with van der Waals surface area (Å²) in [6.45, 7) is 1.77. The van der Waals surface area contributed by atoms with Gasteiger partial charge < -0.3 is 30.9 Å². The van der Waals surface area contributed by atoms with Crippen LogP contribution < -0.4 is 21.3 Å². The van der Waals surface area contributed by atoms with Gasteiger partial charge in [0.25, 0.3) is 0 Å². The van der Waals surface area contributed by atoms with Crippen molar-refractivity contribution in [1.29, 1.82) is 0 Å². The maximum Gasteiger partial charge on any atom is 0.0662 e. The summed E-state index contributed by atoms with van der Waals surface area (Å²) in [7, 11) is 0. The molecule has 6 nitrogen and oxygen atoms in total. The Bertz CT molecular complexity index is 459. The molecule has 0 aromatic heterocycles. The Morgan fingerprint density at radius 2 is 2.06 bits per heavy atom. The van der Waals surface area contributed by atoms with E-state index in [4.69, 9.17) is 5.73 Å². The Morgan fingerprint density at radius 1 is 1.39 bits per heavy atom. The van der Waals surface area contributed by atoms with E-state index in [1.165, 1.54) is 0 Å². The number of aryl methyl sites for hydroxylation is 1. The second-order valence-corrected chi connectivity index (χ2v) is 4.00. The fraction of sp³-hybridized carbons (Fsp3) is 0.333. The van der Waals surface area contributed by atoms with Crippen LogP contribution in [0.4, 0.5) is 11.4 Å². The monoisotopic (exact) mass is 250 g/mol. The molecule has 0 bridgehead atoms. The number of carbonyl (C=O) groups is 2. The molecule has 0 saturated carbocycles. The lowest BCUT2D eigenvalue weighted by Gasteiger charge is -2.22. The van der Waals surface area contributed by atoms with Crippen molar-refractivity contribution < 1.29 is 19.8 Å². The number of carboxylic acids is 2. The van der Waals surface area contributed by atoms with Crippen LogP contribution in [0.25, 0.3) is 0 Å². The molecule has 0 radical (unpaired) electrons. The predicted molar refractivity (Wildman–Crippen MR) is 62.3 cm³/mol. The van der Waals surface area contributed by atoms with E-state index < -0.39 is 18.0 Å². The molecule has 6 heteroatoms. The average molecular weight is 250 g/mol. The first kappa shape index (κ1) is 13.8. The number of nitrogen functional groups attached to an aromatic ring is 1. The van der Waals surface area contributed by atoms with Gasteiger partial charge in [0, 0.05) is 17.3 Å². The van der Waals surface area contributed by atoms with E-state index in [0.717, 1.165) is 5.56 Å². The number of carbonyl (C=O) groups excluding carboxylic acids is 2. The van der Waals surface area contributed by atoms with Crippen molar-refractivity contribution in [3.8, 4) is 0 Å². The predicted octanol–water partition coefficient (Wildman–Crippen LogP) is -1.36. The van der Waals surface area contributed by atoms with Gasteiger partial charge >= 0.3 is 0 Å². The summed E-state index contributed by atoms with van der Waals surface area (Å²) < 4.78 is 0. The number of hydrogen-bond donors (Lipinski definition) is 2. The van der Waals surface area contributed by atoms with E-state index in [0.29, 0.717) is 11.4 Å². The first-order chi connectivity index (χ1) is 8.40. The fourth-order valence-corrected chi connectivity index (χ4v) is 1.55. The molecule has 0 heterocycles. The van der Waals surface area contributed by atoms with Gasteiger partial charge in [-0.3, -0.25) is 0 Å². The summed E-state index contributed by atoms with van der Waals surface area (Å²) >= 11 is 0. The third-order valence-corrected chi connectivity index (χ3v) is 2.50. The standard InChI is InChI=1S/C12H16N2O4/c1-7-6-8(13)2-3-9(7)14-10(12(17)18)4-5-11(15)16/h2-3,6,10,14H,4-5,13H2,1H3,(H,15,16)(H,17,18)/p-2. The number of rotatable bonds is 6. The van der Waals surface area contributed by atoms with E-state index in [-0.39, 0.29) is 12.8 Å². The maximum absolute atomic E-state index is 10.9. The van der Waals surface area contributed by atoms with Crippen LogP contribution in [-0.4, -0.2) is 18.0 Å². The molecule has 0 fully saturated rings. The van der Waals surface area contributed by atoms with Crippen LogP contribution in [-0.2, 0) is 9.59 Å². The Morgan fingerprint density at radius 3 is 2.56 bits per heavy atom. The lowest BCUT2D eigenvalue weighted by molar-refractivity contribution is -0.308. The first-order valence-electron chi connectivity index (χ1n) is 5.43. The van der Waals surface area contributed by atoms with Crippen LogP contribution >= 0.6 is 0 Å². The molecular weight excluding hydrogens is 236 g/mol. The van der Waals surface area contributed by atoms with Crippen molar-refractivity contribution >= 4 is 23.3 Å². The molecule has 1 aromatic rings. The number of nitrogens with one attached hydrogen (secondary N) is 1. The number of benzene rings is 1. The van der Waals surface area contributed by atoms with E-state index in [9.17, 15) is 19.8 Å². The highest BCUT2D eigenvalue weighted by molar-refractivity contribution is 5.77. The molecule has 18 heavy (non-hydrogen) atoms. The Kier molecular flexibility index (Phi) is 4.53. The van der Waals surface area contributed by atoms with Crippen LogP contribution in [0.3, 0.4) is 0 Å². The normalized spacial score (nSPS) is 11.8. The van der Waals surface area contributed by atoms with Crippen LogP contribution in [0.1, 0.15) is 18.4 Å². The Hall–Kier alpha value is -2.24. The van der Waals surface area contributed by atoms with Crippen molar-refractivity contribution in [3.63, 3.8) is 0 Å². The molecule has 0 spiro atoms. The van der Waals surface area contributed by atoms with Gasteiger partial charge in [0.05, 0.1) is 12.0 Å². The molecule has 1 unspecified atom stereocenters. The highest BCUT2D eigenvalue weighted by Gasteiger charge is 2.11. The lowest BCUT2D eigenvalue weighted by atomic mass is 10.1. The van der Waals surface area contributed by atoms with Gasteiger partial charge in [-0.1, -0.05) is 0 Å². The van der Waals surface area contributed by atoms with Gasteiger partial charge in [0.15, 0.2) is 0 Å². The average Bonchev–Trinajstić information content (AvgIpc) is 2.26. The number of hydrogen-bond acceptors (Lipinski definition) is 6. The van der Waals surface area contributed by atoms with E-state index in [1.54, 1.807) is 25.1 Å². The number of carboxylic acid groups (broad SMARTS) is 2. The van der Waals surface area contributed by atoms with Gasteiger partial charge in [-0.05, 0) is 43.5 Å². The third kappa shape index (κ3) is 3.97. The molecule has 0 aliphatic rings. The minimum absolute atomic E-state index is 0.103. The van der Waals surface area contributed by atoms with Crippen molar-refractivity contribution in [2.75, 3.05) is 11.1 Å². The molecule has 0 aliphatic carbocycles. The molecule has 0 aliphatic heterocycles. The van der Waals surface area contributed by atoms with Gasteiger partial charge in [-0.25, -0.2) is 0 Å². The minimum Gasteiger partial charge on any atom is -0.550 e.